The number of methoxy groups -OCH3 is 2. The van der Waals surface area contributed by atoms with Crippen LogP contribution in [0.25, 0.3) is 22.0 Å². The van der Waals surface area contributed by atoms with Crippen LogP contribution in [0.5, 0.6) is 11.5 Å². The Balaban J connectivity index is 1.60. The number of carbonyl (C=O) groups is 1. The number of hydrogen-bond donors (Lipinski definition) is 2. The molecule has 1 saturated carbocycles. The molecule has 146 valence electrons. The molecule has 1 aromatic heterocycles. The summed E-state index contributed by atoms with van der Waals surface area (Å²) in [6.07, 6.45) is 5.43. The fourth-order valence-electron chi connectivity index (χ4n) is 3.90. The minimum Gasteiger partial charge on any atom is -0.497 e. The molecule has 3 aromatic rings. The number of anilines is 1. The van der Waals surface area contributed by atoms with Gasteiger partial charge in [-0.25, -0.2) is 0 Å². The van der Waals surface area contributed by atoms with Crippen LogP contribution in [0, 0.1) is 5.92 Å². The van der Waals surface area contributed by atoms with Crippen molar-refractivity contribution in [1.29, 1.82) is 0 Å². The number of ether oxygens (including phenoxy) is 2. The highest BCUT2D eigenvalue weighted by Crippen LogP contribution is 2.35. The SMILES string of the molecule is COc1ccc(-c2ccc3c(NC(=O)C4CCCCC4)n[nH]c3c2)c(OC)c1. The van der Waals surface area contributed by atoms with Gasteiger partial charge in [-0.15, -0.1) is 0 Å². The molecule has 1 amide bonds. The predicted molar refractivity (Wildman–Crippen MR) is 110 cm³/mol. The number of carbonyl (C=O) groups excluding carboxylic acids is 1. The van der Waals surface area contributed by atoms with Gasteiger partial charge in [0.1, 0.15) is 11.5 Å². The Kier molecular flexibility index (Phi) is 5.19. The highest BCUT2D eigenvalue weighted by molar-refractivity contribution is 6.01. The van der Waals surface area contributed by atoms with Crippen LogP contribution in [0.4, 0.5) is 5.82 Å². The molecule has 0 atom stereocenters. The lowest BCUT2D eigenvalue weighted by Crippen LogP contribution is -2.24. The number of nitrogens with zero attached hydrogens (tertiary/aromatic N) is 1. The van der Waals surface area contributed by atoms with Crippen molar-refractivity contribution in [1.82, 2.24) is 10.2 Å². The number of aromatic amines is 1. The lowest BCUT2D eigenvalue weighted by Gasteiger charge is -2.20. The number of aromatic nitrogens is 2. The molecule has 0 radical (unpaired) electrons. The number of rotatable bonds is 5. The van der Waals surface area contributed by atoms with Crippen molar-refractivity contribution < 1.29 is 14.3 Å². The van der Waals surface area contributed by atoms with Crippen molar-refractivity contribution in [2.24, 2.45) is 5.92 Å². The third kappa shape index (κ3) is 3.54. The first-order chi connectivity index (χ1) is 13.7. The molecule has 6 heteroatoms. The Labute approximate surface area is 164 Å². The molecular weight excluding hydrogens is 354 g/mol. The number of fused-ring (bicyclic) bond motifs is 1. The van der Waals surface area contributed by atoms with Gasteiger partial charge in [0.25, 0.3) is 0 Å². The molecule has 1 aliphatic rings. The third-order valence-electron chi connectivity index (χ3n) is 5.50. The molecule has 6 nitrogen and oxygen atoms in total. The quantitative estimate of drug-likeness (QED) is 0.670. The zero-order valence-corrected chi connectivity index (χ0v) is 16.2. The summed E-state index contributed by atoms with van der Waals surface area (Å²) in [7, 11) is 3.28. The third-order valence-corrected chi connectivity index (χ3v) is 5.50. The van der Waals surface area contributed by atoms with Gasteiger partial charge < -0.3 is 14.8 Å². The summed E-state index contributed by atoms with van der Waals surface area (Å²) in [5, 5.41) is 11.3. The molecule has 1 aliphatic carbocycles. The topological polar surface area (TPSA) is 76.2 Å². The van der Waals surface area contributed by atoms with Gasteiger partial charge in [0, 0.05) is 22.9 Å². The Hall–Kier alpha value is -3.02. The molecule has 4 rings (SSSR count). The van der Waals surface area contributed by atoms with Crippen LogP contribution < -0.4 is 14.8 Å². The minimum atomic E-state index is 0.0778. The van der Waals surface area contributed by atoms with Crippen LogP contribution in [0.3, 0.4) is 0 Å². The van der Waals surface area contributed by atoms with Crippen molar-refractivity contribution in [3.8, 4) is 22.6 Å². The molecule has 1 heterocycles. The summed E-state index contributed by atoms with van der Waals surface area (Å²) < 4.78 is 10.8. The van der Waals surface area contributed by atoms with Crippen LogP contribution in [0.1, 0.15) is 32.1 Å². The molecule has 0 spiro atoms. The molecule has 0 aliphatic heterocycles. The second kappa shape index (κ2) is 7.92. The van der Waals surface area contributed by atoms with Crippen molar-refractivity contribution in [3.05, 3.63) is 36.4 Å². The van der Waals surface area contributed by atoms with Crippen LogP contribution in [-0.2, 0) is 4.79 Å². The number of H-pyrrole nitrogens is 1. The molecule has 28 heavy (non-hydrogen) atoms. The van der Waals surface area contributed by atoms with Gasteiger partial charge in [-0.2, -0.15) is 5.10 Å². The van der Waals surface area contributed by atoms with Gasteiger partial charge in [0.2, 0.25) is 5.91 Å². The van der Waals surface area contributed by atoms with E-state index in [1.165, 1.54) is 6.42 Å². The molecule has 0 bridgehead atoms. The molecule has 2 N–H and O–H groups in total. The van der Waals surface area contributed by atoms with Crippen LogP contribution >= 0.6 is 0 Å². The van der Waals surface area contributed by atoms with E-state index < -0.39 is 0 Å². The van der Waals surface area contributed by atoms with Crippen molar-refractivity contribution in [2.75, 3.05) is 19.5 Å². The van der Waals surface area contributed by atoms with E-state index in [1.54, 1.807) is 14.2 Å². The summed E-state index contributed by atoms with van der Waals surface area (Å²) in [5.74, 6) is 2.26. The van der Waals surface area contributed by atoms with Gasteiger partial charge in [-0.3, -0.25) is 9.89 Å². The smallest absolute Gasteiger partial charge is 0.228 e. The first kappa shape index (κ1) is 18.3. The molecule has 0 unspecified atom stereocenters. The highest BCUT2D eigenvalue weighted by Gasteiger charge is 2.22. The second-order valence-electron chi connectivity index (χ2n) is 7.22. The lowest BCUT2D eigenvalue weighted by molar-refractivity contribution is -0.120. The summed E-state index contributed by atoms with van der Waals surface area (Å²) in [5.41, 5.74) is 2.84. The van der Waals surface area contributed by atoms with Crippen LogP contribution in [0.2, 0.25) is 0 Å². The second-order valence-corrected chi connectivity index (χ2v) is 7.22. The van der Waals surface area contributed by atoms with Crippen LogP contribution in [-0.4, -0.2) is 30.3 Å². The maximum Gasteiger partial charge on any atom is 0.228 e. The minimum absolute atomic E-state index is 0.0778. The molecule has 0 saturated heterocycles. The average molecular weight is 379 g/mol. The van der Waals surface area contributed by atoms with E-state index in [1.807, 2.05) is 36.4 Å². The summed E-state index contributed by atoms with van der Waals surface area (Å²) in [6.45, 7) is 0. The molecule has 1 fully saturated rings. The monoisotopic (exact) mass is 379 g/mol. The van der Waals surface area contributed by atoms with E-state index in [4.69, 9.17) is 9.47 Å². The maximum absolute atomic E-state index is 12.5. The first-order valence-electron chi connectivity index (χ1n) is 9.71. The fraction of sp³-hybridized carbons (Fsp3) is 0.364. The van der Waals surface area contributed by atoms with Gasteiger partial charge in [-0.05, 0) is 42.7 Å². The lowest BCUT2D eigenvalue weighted by atomic mass is 9.89. The summed E-state index contributed by atoms with van der Waals surface area (Å²) in [6, 6.07) is 11.8. The summed E-state index contributed by atoms with van der Waals surface area (Å²) >= 11 is 0. The highest BCUT2D eigenvalue weighted by atomic mass is 16.5. The predicted octanol–water partition coefficient (Wildman–Crippen LogP) is 4.77. The van der Waals surface area contributed by atoms with Gasteiger partial charge >= 0.3 is 0 Å². The van der Waals surface area contributed by atoms with E-state index in [-0.39, 0.29) is 11.8 Å². The van der Waals surface area contributed by atoms with E-state index in [2.05, 4.69) is 15.5 Å². The normalized spacial score (nSPS) is 14.8. The zero-order chi connectivity index (χ0) is 19.5. The summed E-state index contributed by atoms with van der Waals surface area (Å²) in [4.78, 5) is 12.5. The molecule has 2 aromatic carbocycles. The number of amides is 1. The number of benzene rings is 2. The van der Waals surface area contributed by atoms with E-state index in [0.29, 0.717) is 5.82 Å². The van der Waals surface area contributed by atoms with Crippen molar-refractivity contribution in [3.63, 3.8) is 0 Å². The van der Waals surface area contributed by atoms with Crippen LogP contribution in [0.15, 0.2) is 36.4 Å². The first-order valence-corrected chi connectivity index (χ1v) is 9.71. The molecular formula is C22H25N3O3. The maximum atomic E-state index is 12.5. The Morgan fingerprint density at radius 3 is 2.64 bits per heavy atom. The average Bonchev–Trinajstić information content (AvgIpc) is 3.15. The van der Waals surface area contributed by atoms with Gasteiger partial charge in [0.05, 0.1) is 19.7 Å². The number of hydrogen-bond acceptors (Lipinski definition) is 4. The zero-order valence-electron chi connectivity index (χ0n) is 16.2. The number of nitrogens with one attached hydrogen (secondary N) is 2. The van der Waals surface area contributed by atoms with Gasteiger partial charge in [0.15, 0.2) is 5.82 Å². The standard InChI is InChI=1S/C22H25N3O3/c1-27-16-9-11-17(20(13-16)28-2)15-8-10-18-19(12-15)24-25-21(18)23-22(26)14-6-4-3-5-7-14/h8-14H,3-7H2,1-2H3,(H2,23,24,25,26). The van der Waals surface area contributed by atoms with E-state index in [0.717, 1.165) is 59.2 Å². The van der Waals surface area contributed by atoms with Crippen molar-refractivity contribution in [2.45, 2.75) is 32.1 Å². The van der Waals surface area contributed by atoms with E-state index >= 15 is 0 Å². The Bertz CT molecular complexity index is 990. The van der Waals surface area contributed by atoms with Gasteiger partial charge in [-0.1, -0.05) is 25.3 Å². The van der Waals surface area contributed by atoms with Crippen molar-refractivity contribution >= 4 is 22.6 Å². The largest absolute Gasteiger partial charge is 0.497 e. The fourth-order valence-corrected chi connectivity index (χ4v) is 3.90. The Morgan fingerprint density at radius 2 is 1.89 bits per heavy atom. The Morgan fingerprint density at radius 1 is 1.07 bits per heavy atom. The van der Waals surface area contributed by atoms with E-state index in [9.17, 15) is 4.79 Å².